The molecule has 0 aliphatic heterocycles. The Hall–Kier alpha value is -0.750. The number of esters is 1. The Morgan fingerprint density at radius 1 is 1.29 bits per heavy atom. The number of carbonyl (C=O) groups is 1. The average molecular weight is 368 g/mol. The van der Waals surface area contributed by atoms with Gasteiger partial charge in [-0.3, -0.25) is 0 Å². The summed E-state index contributed by atoms with van der Waals surface area (Å²) in [7, 11) is 4.37. The smallest absolute Gasteiger partial charge is 0.342 e. The van der Waals surface area contributed by atoms with Crippen molar-refractivity contribution in [1.82, 2.24) is 0 Å². The standard InChI is InChI=1S/C11H12Br2O4/c1-15-7-4-6(5-12)8(11(14)17-3)10(16-2)9(7)13/h4H,5H2,1-3H3. The molecule has 4 nitrogen and oxygen atoms in total. The van der Waals surface area contributed by atoms with Gasteiger partial charge in [0.05, 0.1) is 21.3 Å². The van der Waals surface area contributed by atoms with E-state index in [2.05, 4.69) is 31.9 Å². The molecule has 0 amide bonds. The van der Waals surface area contributed by atoms with Crippen LogP contribution in [0.15, 0.2) is 10.5 Å². The summed E-state index contributed by atoms with van der Waals surface area (Å²) >= 11 is 6.66. The van der Waals surface area contributed by atoms with Gasteiger partial charge in [0.25, 0.3) is 0 Å². The topological polar surface area (TPSA) is 44.8 Å². The van der Waals surface area contributed by atoms with Crippen LogP contribution in [0.4, 0.5) is 0 Å². The van der Waals surface area contributed by atoms with E-state index in [1.807, 2.05) is 0 Å². The van der Waals surface area contributed by atoms with Crippen molar-refractivity contribution in [2.75, 3.05) is 21.3 Å². The molecule has 1 aromatic rings. The van der Waals surface area contributed by atoms with E-state index < -0.39 is 5.97 Å². The number of ether oxygens (including phenoxy) is 3. The van der Waals surface area contributed by atoms with Gasteiger partial charge in [-0.25, -0.2) is 4.79 Å². The summed E-state index contributed by atoms with van der Waals surface area (Å²) in [6.45, 7) is 0. The lowest BCUT2D eigenvalue weighted by atomic mass is 10.1. The Bertz CT molecular complexity index is 432. The Morgan fingerprint density at radius 3 is 2.35 bits per heavy atom. The van der Waals surface area contributed by atoms with Crippen molar-refractivity contribution in [2.45, 2.75) is 5.33 Å². The van der Waals surface area contributed by atoms with E-state index in [0.717, 1.165) is 5.56 Å². The Kier molecular flexibility index (Phi) is 5.27. The number of carbonyl (C=O) groups excluding carboxylic acids is 1. The van der Waals surface area contributed by atoms with Gasteiger partial charge in [-0.15, -0.1) is 0 Å². The lowest BCUT2D eigenvalue weighted by Crippen LogP contribution is -2.09. The van der Waals surface area contributed by atoms with Crippen LogP contribution in [0.3, 0.4) is 0 Å². The number of hydrogen-bond acceptors (Lipinski definition) is 4. The first kappa shape index (κ1) is 14.3. The van der Waals surface area contributed by atoms with Gasteiger partial charge in [0.1, 0.15) is 15.8 Å². The molecular formula is C11H12Br2O4. The number of methoxy groups -OCH3 is 3. The second-order valence-corrected chi connectivity index (χ2v) is 4.44. The fourth-order valence-corrected chi connectivity index (χ4v) is 2.51. The molecular weight excluding hydrogens is 356 g/mol. The Balaban J connectivity index is 3.54. The summed E-state index contributed by atoms with van der Waals surface area (Å²) in [5.74, 6) is 0.564. The maximum absolute atomic E-state index is 11.7. The van der Waals surface area contributed by atoms with E-state index in [1.165, 1.54) is 14.2 Å². The normalized spacial score (nSPS) is 9.94. The van der Waals surface area contributed by atoms with Gasteiger partial charge in [0.2, 0.25) is 0 Å². The van der Waals surface area contributed by atoms with Crippen LogP contribution < -0.4 is 9.47 Å². The average Bonchev–Trinajstić information content (AvgIpc) is 2.37. The van der Waals surface area contributed by atoms with Gasteiger partial charge >= 0.3 is 5.97 Å². The Morgan fingerprint density at radius 2 is 1.94 bits per heavy atom. The maximum Gasteiger partial charge on any atom is 0.342 e. The summed E-state index contributed by atoms with van der Waals surface area (Å²) in [4.78, 5) is 11.7. The minimum Gasteiger partial charge on any atom is -0.495 e. The SMILES string of the molecule is COC(=O)c1c(CBr)cc(OC)c(Br)c1OC. The molecule has 0 aromatic heterocycles. The Labute approximate surface area is 116 Å². The fourth-order valence-electron chi connectivity index (χ4n) is 1.43. The van der Waals surface area contributed by atoms with Crippen molar-refractivity contribution in [1.29, 1.82) is 0 Å². The molecule has 94 valence electrons. The molecule has 1 aromatic carbocycles. The predicted molar refractivity (Wildman–Crippen MR) is 71.2 cm³/mol. The van der Waals surface area contributed by atoms with Crippen LogP contribution in [0.5, 0.6) is 11.5 Å². The van der Waals surface area contributed by atoms with Crippen LogP contribution in [0.2, 0.25) is 0 Å². The highest BCUT2D eigenvalue weighted by Crippen LogP contribution is 2.40. The number of halogens is 2. The molecule has 0 spiro atoms. The highest BCUT2D eigenvalue weighted by molar-refractivity contribution is 9.10. The van der Waals surface area contributed by atoms with Crippen molar-refractivity contribution in [2.24, 2.45) is 0 Å². The molecule has 0 radical (unpaired) electrons. The number of alkyl halides is 1. The van der Waals surface area contributed by atoms with Crippen LogP contribution in [0.25, 0.3) is 0 Å². The van der Waals surface area contributed by atoms with Crippen molar-refractivity contribution in [3.63, 3.8) is 0 Å². The number of hydrogen-bond donors (Lipinski definition) is 0. The molecule has 0 heterocycles. The molecule has 0 atom stereocenters. The van der Waals surface area contributed by atoms with Crippen LogP contribution >= 0.6 is 31.9 Å². The van der Waals surface area contributed by atoms with E-state index in [0.29, 0.717) is 26.9 Å². The van der Waals surface area contributed by atoms with E-state index in [4.69, 9.17) is 14.2 Å². The van der Waals surface area contributed by atoms with Gasteiger partial charge in [-0.05, 0) is 27.6 Å². The first-order valence-electron chi connectivity index (χ1n) is 4.68. The molecule has 17 heavy (non-hydrogen) atoms. The summed E-state index contributed by atoms with van der Waals surface area (Å²) in [5.41, 5.74) is 1.13. The van der Waals surface area contributed by atoms with E-state index in [-0.39, 0.29) is 0 Å². The summed E-state index contributed by atoms with van der Waals surface area (Å²) in [6.07, 6.45) is 0. The second kappa shape index (κ2) is 6.26. The predicted octanol–water partition coefficient (Wildman–Crippen LogP) is 3.15. The minimum atomic E-state index is -0.445. The first-order chi connectivity index (χ1) is 8.10. The van der Waals surface area contributed by atoms with E-state index in [1.54, 1.807) is 13.2 Å². The van der Waals surface area contributed by atoms with Crippen molar-refractivity contribution < 1.29 is 19.0 Å². The molecule has 6 heteroatoms. The lowest BCUT2D eigenvalue weighted by molar-refractivity contribution is 0.0596. The molecule has 0 aliphatic rings. The summed E-state index contributed by atoms with van der Waals surface area (Å²) in [6, 6.07) is 1.76. The van der Waals surface area contributed by atoms with Gasteiger partial charge in [-0.1, -0.05) is 15.9 Å². The monoisotopic (exact) mass is 366 g/mol. The molecule has 0 bridgehead atoms. The second-order valence-electron chi connectivity index (χ2n) is 3.09. The van der Waals surface area contributed by atoms with Crippen molar-refractivity contribution >= 4 is 37.8 Å². The van der Waals surface area contributed by atoms with Crippen molar-refractivity contribution in [3.8, 4) is 11.5 Å². The zero-order valence-corrected chi connectivity index (χ0v) is 12.8. The minimum absolute atomic E-state index is 0.388. The quantitative estimate of drug-likeness (QED) is 0.605. The number of rotatable bonds is 4. The number of benzene rings is 1. The van der Waals surface area contributed by atoms with E-state index in [9.17, 15) is 4.79 Å². The zero-order valence-electron chi connectivity index (χ0n) is 9.67. The molecule has 1 rings (SSSR count). The fraction of sp³-hybridized carbons (Fsp3) is 0.364. The van der Waals surface area contributed by atoms with Crippen LogP contribution in [0, 0.1) is 0 Å². The van der Waals surface area contributed by atoms with Crippen LogP contribution in [0.1, 0.15) is 15.9 Å². The van der Waals surface area contributed by atoms with Gasteiger partial charge in [0, 0.05) is 5.33 Å². The van der Waals surface area contributed by atoms with Crippen LogP contribution in [-0.2, 0) is 10.1 Å². The third kappa shape index (κ3) is 2.74. The highest BCUT2D eigenvalue weighted by atomic mass is 79.9. The maximum atomic E-state index is 11.7. The molecule has 0 saturated carbocycles. The molecule has 0 aliphatic carbocycles. The largest absolute Gasteiger partial charge is 0.495 e. The third-order valence-corrected chi connectivity index (χ3v) is 3.58. The highest BCUT2D eigenvalue weighted by Gasteiger charge is 2.23. The van der Waals surface area contributed by atoms with Gasteiger partial charge in [-0.2, -0.15) is 0 Å². The third-order valence-electron chi connectivity index (χ3n) is 2.23. The molecule has 0 fully saturated rings. The summed E-state index contributed by atoms with van der Waals surface area (Å²) < 4.78 is 15.8. The summed E-state index contributed by atoms with van der Waals surface area (Å²) in [5, 5.41) is 0.497. The van der Waals surface area contributed by atoms with E-state index >= 15 is 0 Å². The van der Waals surface area contributed by atoms with Gasteiger partial charge < -0.3 is 14.2 Å². The van der Waals surface area contributed by atoms with Gasteiger partial charge in [0.15, 0.2) is 5.75 Å². The first-order valence-corrected chi connectivity index (χ1v) is 6.59. The molecule has 0 saturated heterocycles. The molecule has 0 unspecified atom stereocenters. The van der Waals surface area contributed by atoms with Crippen molar-refractivity contribution in [3.05, 3.63) is 21.7 Å². The lowest BCUT2D eigenvalue weighted by Gasteiger charge is -2.15. The molecule has 0 N–H and O–H groups in total. The van der Waals surface area contributed by atoms with Crippen LogP contribution in [-0.4, -0.2) is 27.3 Å². The zero-order chi connectivity index (χ0) is 13.0.